The van der Waals surface area contributed by atoms with Gasteiger partial charge in [0.2, 0.25) is 0 Å². The van der Waals surface area contributed by atoms with Crippen LogP contribution in [0, 0.1) is 0 Å². The SMILES string of the molecule is CCOc1cc(Br)c(OC)c(Br)c1. The molecule has 1 aromatic rings. The van der Waals surface area contributed by atoms with Gasteiger partial charge in [0, 0.05) is 0 Å². The average Bonchev–Trinajstić information content (AvgIpc) is 2.04. The van der Waals surface area contributed by atoms with Crippen LogP contribution in [-0.4, -0.2) is 13.7 Å². The molecule has 0 aliphatic rings. The molecule has 0 unspecified atom stereocenters. The highest BCUT2D eigenvalue weighted by Gasteiger charge is 2.07. The van der Waals surface area contributed by atoms with E-state index >= 15 is 0 Å². The molecule has 0 aromatic heterocycles. The van der Waals surface area contributed by atoms with E-state index in [9.17, 15) is 0 Å². The van der Waals surface area contributed by atoms with E-state index in [-0.39, 0.29) is 0 Å². The largest absolute Gasteiger partial charge is 0.494 e. The van der Waals surface area contributed by atoms with Crippen LogP contribution in [0.4, 0.5) is 0 Å². The lowest BCUT2D eigenvalue weighted by atomic mass is 10.3. The third-order valence-corrected chi connectivity index (χ3v) is 2.67. The fourth-order valence-corrected chi connectivity index (χ4v) is 2.45. The van der Waals surface area contributed by atoms with Gasteiger partial charge in [-0.25, -0.2) is 0 Å². The Balaban J connectivity index is 3.05. The van der Waals surface area contributed by atoms with Crippen molar-refractivity contribution in [3.8, 4) is 11.5 Å². The van der Waals surface area contributed by atoms with E-state index in [1.54, 1.807) is 7.11 Å². The average molecular weight is 310 g/mol. The van der Waals surface area contributed by atoms with Crippen LogP contribution in [0.25, 0.3) is 0 Å². The highest BCUT2D eigenvalue weighted by atomic mass is 79.9. The summed E-state index contributed by atoms with van der Waals surface area (Å²) in [5, 5.41) is 0. The highest BCUT2D eigenvalue weighted by molar-refractivity contribution is 9.11. The molecule has 0 radical (unpaired) electrons. The normalized spacial score (nSPS) is 9.85. The molecule has 0 saturated heterocycles. The summed E-state index contributed by atoms with van der Waals surface area (Å²) < 4.78 is 12.3. The number of ether oxygens (including phenoxy) is 2. The van der Waals surface area contributed by atoms with Gasteiger partial charge in [-0.2, -0.15) is 0 Å². The zero-order chi connectivity index (χ0) is 9.84. The monoisotopic (exact) mass is 308 g/mol. The maximum Gasteiger partial charge on any atom is 0.147 e. The zero-order valence-electron chi connectivity index (χ0n) is 7.43. The molecule has 0 heterocycles. The first kappa shape index (κ1) is 10.9. The van der Waals surface area contributed by atoms with Gasteiger partial charge in [-0.1, -0.05) is 0 Å². The van der Waals surface area contributed by atoms with E-state index in [2.05, 4.69) is 31.9 Å². The van der Waals surface area contributed by atoms with E-state index in [4.69, 9.17) is 9.47 Å². The molecule has 0 spiro atoms. The van der Waals surface area contributed by atoms with E-state index in [0.29, 0.717) is 6.61 Å². The summed E-state index contributed by atoms with van der Waals surface area (Å²) in [5.74, 6) is 1.60. The number of benzene rings is 1. The van der Waals surface area contributed by atoms with Crippen LogP contribution >= 0.6 is 31.9 Å². The molecular formula is C9H10Br2O2. The van der Waals surface area contributed by atoms with Crippen LogP contribution in [0.1, 0.15) is 6.92 Å². The number of rotatable bonds is 3. The first-order valence-electron chi connectivity index (χ1n) is 3.84. The molecule has 1 rings (SSSR count). The maximum atomic E-state index is 5.35. The molecule has 4 heteroatoms. The highest BCUT2D eigenvalue weighted by Crippen LogP contribution is 2.36. The Labute approximate surface area is 94.5 Å². The van der Waals surface area contributed by atoms with Crippen molar-refractivity contribution in [1.29, 1.82) is 0 Å². The lowest BCUT2D eigenvalue weighted by Gasteiger charge is -2.09. The summed E-state index contributed by atoms with van der Waals surface area (Å²) >= 11 is 6.79. The van der Waals surface area contributed by atoms with Crippen LogP contribution in [0.3, 0.4) is 0 Å². The third kappa shape index (κ3) is 2.61. The zero-order valence-corrected chi connectivity index (χ0v) is 10.6. The number of halogens is 2. The van der Waals surface area contributed by atoms with Gasteiger partial charge in [0.1, 0.15) is 11.5 Å². The lowest BCUT2D eigenvalue weighted by Crippen LogP contribution is -1.93. The van der Waals surface area contributed by atoms with Gasteiger partial charge < -0.3 is 9.47 Å². The van der Waals surface area contributed by atoms with Crippen molar-refractivity contribution in [2.45, 2.75) is 6.92 Å². The fraction of sp³-hybridized carbons (Fsp3) is 0.333. The maximum absolute atomic E-state index is 5.35. The predicted octanol–water partition coefficient (Wildman–Crippen LogP) is 3.62. The minimum Gasteiger partial charge on any atom is -0.494 e. The van der Waals surface area contributed by atoms with Crippen LogP contribution in [0.5, 0.6) is 11.5 Å². The van der Waals surface area contributed by atoms with E-state index in [1.165, 1.54) is 0 Å². The second-order valence-electron chi connectivity index (χ2n) is 2.35. The second kappa shape index (κ2) is 4.86. The van der Waals surface area contributed by atoms with Gasteiger partial charge in [-0.05, 0) is 50.9 Å². The van der Waals surface area contributed by atoms with Crippen LogP contribution in [0.2, 0.25) is 0 Å². The Hall–Kier alpha value is -0.220. The third-order valence-electron chi connectivity index (χ3n) is 1.49. The molecule has 0 amide bonds. The van der Waals surface area contributed by atoms with Gasteiger partial charge in [0.25, 0.3) is 0 Å². The number of hydrogen-bond acceptors (Lipinski definition) is 2. The van der Waals surface area contributed by atoms with E-state index in [0.717, 1.165) is 20.4 Å². The molecule has 0 fully saturated rings. The molecule has 13 heavy (non-hydrogen) atoms. The van der Waals surface area contributed by atoms with Crippen molar-refractivity contribution >= 4 is 31.9 Å². The molecule has 72 valence electrons. The topological polar surface area (TPSA) is 18.5 Å². The van der Waals surface area contributed by atoms with Crippen LogP contribution < -0.4 is 9.47 Å². The van der Waals surface area contributed by atoms with Crippen LogP contribution in [-0.2, 0) is 0 Å². The Morgan fingerprint density at radius 1 is 1.23 bits per heavy atom. The molecule has 0 aliphatic heterocycles. The number of hydrogen-bond donors (Lipinski definition) is 0. The van der Waals surface area contributed by atoms with Crippen LogP contribution in [0.15, 0.2) is 21.1 Å². The van der Waals surface area contributed by atoms with E-state index in [1.807, 2.05) is 19.1 Å². The molecule has 2 nitrogen and oxygen atoms in total. The Morgan fingerprint density at radius 3 is 2.15 bits per heavy atom. The summed E-state index contributed by atoms with van der Waals surface area (Å²) in [6.45, 7) is 2.61. The molecular weight excluding hydrogens is 300 g/mol. The summed E-state index contributed by atoms with van der Waals surface area (Å²) in [6.07, 6.45) is 0. The van der Waals surface area contributed by atoms with Gasteiger partial charge in [0.05, 0.1) is 22.7 Å². The van der Waals surface area contributed by atoms with Crippen molar-refractivity contribution in [3.63, 3.8) is 0 Å². The molecule has 0 N–H and O–H groups in total. The molecule has 0 atom stereocenters. The fourth-order valence-electron chi connectivity index (χ4n) is 0.982. The van der Waals surface area contributed by atoms with Gasteiger partial charge >= 0.3 is 0 Å². The van der Waals surface area contributed by atoms with Gasteiger partial charge in [0.15, 0.2) is 0 Å². The van der Waals surface area contributed by atoms with E-state index < -0.39 is 0 Å². The first-order chi connectivity index (χ1) is 6.19. The second-order valence-corrected chi connectivity index (χ2v) is 4.06. The van der Waals surface area contributed by atoms with Gasteiger partial charge in [-0.15, -0.1) is 0 Å². The smallest absolute Gasteiger partial charge is 0.147 e. The predicted molar refractivity (Wildman–Crippen MR) is 59.6 cm³/mol. The minimum absolute atomic E-state index is 0.658. The Morgan fingerprint density at radius 2 is 1.77 bits per heavy atom. The minimum atomic E-state index is 0.658. The van der Waals surface area contributed by atoms with Crippen molar-refractivity contribution in [2.24, 2.45) is 0 Å². The van der Waals surface area contributed by atoms with Crippen molar-refractivity contribution in [1.82, 2.24) is 0 Å². The van der Waals surface area contributed by atoms with Crippen molar-refractivity contribution in [2.75, 3.05) is 13.7 Å². The first-order valence-corrected chi connectivity index (χ1v) is 5.43. The quantitative estimate of drug-likeness (QED) is 0.849. The standard InChI is InChI=1S/C9H10Br2O2/c1-3-13-6-4-7(10)9(12-2)8(11)5-6/h4-5H,3H2,1-2H3. The lowest BCUT2D eigenvalue weighted by molar-refractivity contribution is 0.338. The Bertz CT molecular complexity index is 277. The van der Waals surface area contributed by atoms with Gasteiger partial charge in [-0.3, -0.25) is 0 Å². The number of methoxy groups -OCH3 is 1. The van der Waals surface area contributed by atoms with Crippen molar-refractivity contribution < 1.29 is 9.47 Å². The summed E-state index contributed by atoms with van der Waals surface area (Å²) in [5.41, 5.74) is 0. The molecule has 1 aromatic carbocycles. The summed E-state index contributed by atoms with van der Waals surface area (Å²) in [7, 11) is 1.63. The summed E-state index contributed by atoms with van der Waals surface area (Å²) in [4.78, 5) is 0. The molecule has 0 bridgehead atoms. The summed E-state index contributed by atoms with van der Waals surface area (Å²) in [6, 6.07) is 3.76. The molecule has 0 saturated carbocycles. The van der Waals surface area contributed by atoms with Crippen molar-refractivity contribution in [3.05, 3.63) is 21.1 Å². The molecule has 0 aliphatic carbocycles. The Kier molecular flexibility index (Phi) is 4.06.